The van der Waals surface area contributed by atoms with Crippen molar-refractivity contribution in [2.45, 2.75) is 44.6 Å². The third-order valence-electron chi connectivity index (χ3n) is 5.12. The highest BCUT2D eigenvalue weighted by molar-refractivity contribution is 7.09. The Hall–Kier alpha value is -1.75. The van der Waals surface area contributed by atoms with Crippen molar-refractivity contribution in [3.63, 3.8) is 0 Å². The fourth-order valence-electron chi connectivity index (χ4n) is 3.78. The predicted octanol–water partition coefficient (Wildman–Crippen LogP) is 4.45. The molecule has 0 N–H and O–H groups in total. The van der Waals surface area contributed by atoms with Crippen molar-refractivity contribution in [1.82, 2.24) is 9.88 Å². The summed E-state index contributed by atoms with van der Waals surface area (Å²) in [5.74, 6) is -0.0350. The summed E-state index contributed by atoms with van der Waals surface area (Å²) in [6.07, 6.45) is 3.92. The van der Waals surface area contributed by atoms with Crippen LogP contribution in [0.1, 0.15) is 53.9 Å². The average molecular weight is 344 g/mol. The number of amides is 1. The summed E-state index contributed by atoms with van der Waals surface area (Å²) < 4.78 is 14.0. The van der Waals surface area contributed by atoms with E-state index in [4.69, 9.17) is 0 Å². The van der Waals surface area contributed by atoms with E-state index in [1.165, 1.54) is 6.07 Å². The normalized spacial score (nSPS) is 26.4. The Bertz CT molecular complexity index is 759. The summed E-state index contributed by atoms with van der Waals surface area (Å²) in [6.45, 7) is 2.78. The maximum Gasteiger partial charge on any atom is 0.226 e. The van der Waals surface area contributed by atoms with Gasteiger partial charge in [0.05, 0.1) is 6.04 Å². The zero-order valence-electron chi connectivity index (χ0n) is 13.7. The van der Waals surface area contributed by atoms with Crippen LogP contribution in [0.2, 0.25) is 0 Å². The van der Waals surface area contributed by atoms with E-state index in [9.17, 15) is 9.18 Å². The van der Waals surface area contributed by atoms with Crippen LogP contribution in [0.25, 0.3) is 0 Å². The van der Waals surface area contributed by atoms with Gasteiger partial charge in [-0.05, 0) is 50.2 Å². The van der Waals surface area contributed by atoms with Gasteiger partial charge in [0.25, 0.3) is 0 Å². The smallest absolute Gasteiger partial charge is 0.226 e. The molecule has 24 heavy (non-hydrogen) atoms. The molecule has 1 aromatic heterocycles. The first kappa shape index (κ1) is 15.8. The van der Waals surface area contributed by atoms with Crippen LogP contribution in [0.15, 0.2) is 29.6 Å². The molecule has 4 rings (SSSR count). The average Bonchev–Trinajstić information content (AvgIpc) is 3.28. The quantitative estimate of drug-likeness (QED) is 0.824. The van der Waals surface area contributed by atoms with Crippen molar-refractivity contribution in [2.75, 3.05) is 6.54 Å². The van der Waals surface area contributed by atoms with Crippen LogP contribution < -0.4 is 0 Å². The van der Waals surface area contributed by atoms with E-state index >= 15 is 0 Å². The Balaban J connectivity index is 1.52. The summed E-state index contributed by atoms with van der Waals surface area (Å²) in [4.78, 5) is 19.6. The lowest BCUT2D eigenvalue weighted by molar-refractivity contribution is -0.136. The highest BCUT2D eigenvalue weighted by Gasteiger charge is 2.48. The SMILES string of the molecule is Cc1csc([C@@H]2CCCCN2C(=O)[C@H]2C[C@@H]2c2ccccc2F)n1. The third-order valence-corrected chi connectivity index (χ3v) is 6.18. The Labute approximate surface area is 145 Å². The second-order valence-corrected chi connectivity index (χ2v) is 7.73. The number of hydrogen-bond donors (Lipinski definition) is 0. The highest BCUT2D eigenvalue weighted by Crippen LogP contribution is 2.50. The van der Waals surface area contributed by atoms with Crippen molar-refractivity contribution in [1.29, 1.82) is 0 Å². The fraction of sp³-hybridized carbons (Fsp3) is 0.474. The van der Waals surface area contributed by atoms with Gasteiger partial charge in [0.1, 0.15) is 10.8 Å². The summed E-state index contributed by atoms with van der Waals surface area (Å²) >= 11 is 1.64. The number of likely N-dealkylation sites (tertiary alicyclic amines) is 1. The molecule has 0 radical (unpaired) electrons. The first-order chi connectivity index (χ1) is 11.6. The zero-order valence-corrected chi connectivity index (χ0v) is 14.6. The molecule has 5 heteroatoms. The largest absolute Gasteiger partial charge is 0.333 e. The lowest BCUT2D eigenvalue weighted by Crippen LogP contribution is -2.39. The molecule has 1 aliphatic heterocycles. The van der Waals surface area contributed by atoms with Gasteiger partial charge in [-0.15, -0.1) is 11.3 Å². The second kappa shape index (κ2) is 6.28. The minimum Gasteiger partial charge on any atom is -0.333 e. The summed E-state index contributed by atoms with van der Waals surface area (Å²) in [5, 5.41) is 3.09. The zero-order chi connectivity index (χ0) is 16.7. The molecule has 2 aromatic rings. The van der Waals surface area contributed by atoms with E-state index in [0.717, 1.165) is 42.9 Å². The minimum absolute atomic E-state index is 0.0410. The molecule has 1 saturated heterocycles. The number of thiazole rings is 1. The number of aryl methyl sites for hydroxylation is 1. The van der Waals surface area contributed by atoms with Gasteiger partial charge in [0.15, 0.2) is 0 Å². The number of rotatable bonds is 3. The van der Waals surface area contributed by atoms with Crippen LogP contribution in [0.5, 0.6) is 0 Å². The predicted molar refractivity (Wildman–Crippen MR) is 92.4 cm³/mol. The number of hydrogen-bond acceptors (Lipinski definition) is 3. The number of halogens is 1. The molecule has 2 fully saturated rings. The number of piperidine rings is 1. The molecule has 1 saturated carbocycles. The Morgan fingerprint density at radius 1 is 1.33 bits per heavy atom. The van der Waals surface area contributed by atoms with Gasteiger partial charge in [-0.2, -0.15) is 0 Å². The van der Waals surface area contributed by atoms with Crippen molar-refractivity contribution in [3.8, 4) is 0 Å². The number of carbonyl (C=O) groups is 1. The molecule has 0 spiro atoms. The fourth-order valence-corrected chi connectivity index (χ4v) is 4.72. The van der Waals surface area contributed by atoms with Crippen molar-refractivity contribution in [3.05, 3.63) is 51.7 Å². The molecule has 2 aliphatic rings. The molecule has 2 heterocycles. The summed E-state index contributed by atoms with van der Waals surface area (Å²) in [5.41, 5.74) is 1.71. The van der Waals surface area contributed by atoms with E-state index in [0.29, 0.717) is 5.56 Å². The van der Waals surface area contributed by atoms with E-state index in [2.05, 4.69) is 4.98 Å². The van der Waals surface area contributed by atoms with E-state index in [1.54, 1.807) is 17.4 Å². The molecule has 0 bridgehead atoms. The minimum atomic E-state index is -0.191. The van der Waals surface area contributed by atoms with Gasteiger partial charge in [0.2, 0.25) is 5.91 Å². The maximum absolute atomic E-state index is 14.0. The molecular formula is C19H21FN2OS. The lowest BCUT2D eigenvalue weighted by atomic mass is 10.0. The Morgan fingerprint density at radius 3 is 2.92 bits per heavy atom. The summed E-state index contributed by atoms with van der Waals surface area (Å²) in [7, 11) is 0. The second-order valence-electron chi connectivity index (χ2n) is 6.84. The van der Waals surface area contributed by atoms with Gasteiger partial charge < -0.3 is 4.90 Å². The highest BCUT2D eigenvalue weighted by atomic mass is 32.1. The van der Waals surface area contributed by atoms with Crippen LogP contribution in [0, 0.1) is 18.7 Å². The molecule has 1 aliphatic carbocycles. The third kappa shape index (κ3) is 2.86. The van der Waals surface area contributed by atoms with Gasteiger partial charge >= 0.3 is 0 Å². The Kier molecular flexibility index (Phi) is 4.12. The topological polar surface area (TPSA) is 33.2 Å². The van der Waals surface area contributed by atoms with Gasteiger partial charge in [0, 0.05) is 23.5 Å². The van der Waals surface area contributed by atoms with Crippen LogP contribution in [0.3, 0.4) is 0 Å². The summed E-state index contributed by atoms with van der Waals surface area (Å²) in [6, 6.07) is 6.94. The molecule has 0 unspecified atom stereocenters. The molecule has 1 amide bonds. The van der Waals surface area contributed by atoms with Crippen molar-refractivity contribution >= 4 is 17.2 Å². The van der Waals surface area contributed by atoms with E-state index in [-0.39, 0.29) is 29.6 Å². The molecule has 3 nitrogen and oxygen atoms in total. The first-order valence-electron chi connectivity index (χ1n) is 8.62. The maximum atomic E-state index is 14.0. The standard InChI is InChI=1S/C19H21FN2OS/c1-12-11-24-18(21-12)17-8-4-5-9-22(17)19(23)15-10-14(15)13-6-2-3-7-16(13)20/h2-3,6-7,11,14-15,17H,4-5,8-10H2,1H3/t14-,15+,17+/m1/s1. The number of aromatic nitrogens is 1. The molecule has 126 valence electrons. The van der Waals surface area contributed by atoms with Gasteiger partial charge in [-0.3, -0.25) is 4.79 Å². The van der Waals surface area contributed by atoms with E-state index < -0.39 is 0 Å². The monoisotopic (exact) mass is 344 g/mol. The van der Waals surface area contributed by atoms with Crippen LogP contribution in [-0.4, -0.2) is 22.3 Å². The first-order valence-corrected chi connectivity index (χ1v) is 9.50. The van der Waals surface area contributed by atoms with Crippen molar-refractivity contribution in [2.24, 2.45) is 5.92 Å². The van der Waals surface area contributed by atoms with Crippen LogP contribution in [0.4, 0.5) is 4.39 Å². The lowest BCUT2D eigenvalue weighted by Gasteiger charge is -2.35. The number of benzene rings is 1. The van der Waals surface area contributed by atoms with Gasteiger partial charge in [-0.1, -0.05) is 18.2 Å². The molecule has 1 aromatic carbocycles. The van der Waals surface area contributed by atoms with Crippen LogP contribution in [-0.2, 0) is 4.79 Å². The Morgan fingerprint density at radius 2 is 2.17 bits per heavy atom. The van der Waals surface area contributed by atoms with E-state index in [1.807, 2.05) is 29.3 Å². The van der Waals surface area contributed by atoms with Crippen molar-refractivity contribution < 1.29 is 9.18 Å². The number of nitrogens with zero attached hydrogens (tertiary/aromatic N) is 2. The molecular weight excluding hydrogens is 323 g/mol. The van der Waals surface area contributed by atoms with Gasteiger partial charge in [-0.25, -0.2) is 9.37 Å². The molecule has 3 atom stereocenters. The van der Waals surface area contributed by atoms with Crippen LogP contribution >= 0.6 is 11.3 Å². The number of carbonyl (C=O) groups excluding carboxylic acids is 1.